The lowest BCUT2D eigenvalue weighted by atomic mass is 9.85. The minimum absolute atomic E-state index is 0. The van der Waals surface area contributed by atoms with Crippen LogP contribution in [0, 0.1) is 11.8 Å². The molecule has 0 aromatic carbocycles. The minimum Gasteiger partial charge on any atom is -0.318 e. The number of likely N-dealkylation sites (N-methyl/N-ethyl adjacent to an activating group) is 1. The molecule has 2 aliphatic rings. The fourth-order valence-electron chi connectivity index (χ4n) is 2.31. The van der Waals surface area contributed by atoms with Gasteiger partial charge in [0.05, 0.1) is 11.8 Å². The maximum atomic E-state index is 11.9. The molecule has 2 unspecified atom stereocenters. The second-order valence-electron chi connectivity index (χ2n) is 4.09. The molecule has 0 aromatic rings. The number of likely N-dealkylation sites (tertiary alicyclic amines) is 1. The van der Waals surface area contributed by atoms with Crippen LogP contribution in [0.1, 0.15) is 12.8 Å². The Balaban J connectivity index is 0.00000128. The van der Waals surface area contributed by atoms with Crippen LogP contribution in [0.5, 0.6) is 0 Å². The molecule has 1 saturated heterocycles. The maximum Gasteiger partial charge on any atom is 0.233 e. The first-order valence-electron chi connectivity index (χ1n) is 5.40. The molecule has 0 spiro atoms. The molecule has 0 bridgehead atoms. The average molecular weight is 245 g/mol. The van der Waals surface area contributed by atoms with Gasteiger partial charge in [-0.05, 0) is 19.9 Å². The summed E-state index contributed by atoms with van der Waals surface area (Å²) in [4.78, 5) is 25.2. The van der Waals surface area contributed by atoms with Gasteiger partial charge in [-0.3, -0.25) is 14.5 Å². The summed E-state index contributed by atoms with van der Waals surface area (Å²) >= 11 is 0. The van der Waals surface area contributed by atoms with Gasteiger partial charge in [0.2, 0.25) is 11.8 Å². The Hall–Kier alpha value is -0.870. The topological polar surface area (TPSA) is 49.4 Å². The Morgan fingerprint density at radius 2 is 1.75 bits per heavy atom. The van der Waals surface area contributed by atoms with E-state index in [1.165, 1.54) is 4.90 Å². The number of nitrogens with one attached hydrogen (secondary N) is 1. The molecule has 1 aliphatic carbocycles. The van der Waals surface area contributed by atoms with Gasteiger partial charge in [-0.1, -0.05) is 12.2 Å². The van der Waals surface area contributed by atoms with E-state index in [-0.39, 0.29) is 36.1 Å². The number of nitrogens with zero attached hydrogens (tertiary/aromatic N) is 1. The summed E-state index contributed by atoms with van der Waals surface area (Å²) in [5.41, 5.74) is 0. The van der Waals surface area contributed by atoms with Crippen molar-refractivity contribution in [2.45, 2.75) is 12.8 Å². The Bertz CT molecular complexity index is 291. The number of carbonyl (C=O) groups is 2. The van der Waals surface area contributed by atoms with Gasteiger partial charge in [-0.15, -0.1) is 12.4 Å². The van der Waals surface area contributed by atoms with E-state index >= 15 is 0 Å². The smallest absolute Gasteiger partial charge is 0.233 e. The molecule has 2 amide bonds. The zero-order chi connectivity index (χ0) is 10.8. The number of hydrogen-bond donors (Lipinski definition) is 1. The highest BCUT2D eigenvalue weighted by molar-refractivity contribution is 6.05. The SMILES string of the molecule is CNCCN1C(=O)C2CC=CCC2C1=O.Cl. The number of imide groups is 1. The largest absolute Gasteiger partial charge is 0.318 e. The Morgan fingerprint density at radius 3 is 2.19 bits per heavy atom. The number of amides is 2. The number of carbonyl (C=O) groups excluding carboxylic acids is 2. The molecule has 0 radical (unpaired) electrons. The molecule has 1 heterocycles. The third kappa shape index (κ3) is 2.13. The lowest BCUT2D eigenvalue weighted by molar-refractivity contribution is -0.139. The highest BCUT2D eigenvalue weighted by Gasteiger charge is 2.46. The van der Waals surface area contributed by atoms with Crippen molar-refractivity contribution >= 4 is 24.2 Å². The molecule has 2 atom stereocenters. The van der Waals surface area contributed by atoms with Crippen LogP contribution in [0.25, 0.3) is 0 Å². The van der Waals surface area contributed by atoms with Gasteiger partial charge in [0, 0.05) is 13.1 Å². The standard InChI is InChI=1S/C11H16N2O2.ClH/c1-12-6-7-13-10(14)8-4-2-3-5-9(8)11(13)15;/h2-3,8-9,12H,4-7H2,1H3;1H. The quantitative estimate of drug-likeness (QED) is 0.584. The number of allylic oxidation sites excluding steroid dienone is 2. The molecule has 1 aliphatic heterocycles. The number of fused-ring (bicyclic) bond motifs is 1. The summed E-state index contributed by atoms with van der Waals surface area (Å²) in [7, 11) is 1.82. The molecule has 1 fully saturated rings. The van der Waals surface area contributed by atoms with Gasteiger partial charge in [-0.25, -0.2) is 0 Å². The molecule has 2 rings (SSSR count). The van der Waals surface area contributed by atoms with Gasteiger partial charge >= 0.3 is 0 Å². The molecule has 4 nitrogen and oxygen atoms in total. The van der Waals surface area contributed by atoms with Crippen LogP contribution in [-0.2, 0) is 9.59 Å². The molecular formula is C11H17ClN2O2. The average Bonchev–Trinajstić information content (AvgIpc) is 2.51. The first kappa shape index (κ1) is 13.2. The van der Waals surface area contributed by atoms with Crippen molar-refractivity contribution in [3.63, 3.8) is 0 Å². The monoisotopic (exact) mass is 244 g/mol. The molecule has 1 N–H and O–H groups in total. The van der Waals surface area contributed by atoms with E-state index in [0.29, 0.717) is 13.1 Å². The molecule has 0 aromatic heterocycles. The van der Waals surface area contributed by atoms with Crippen molar-refractivity contribution in [2.75, 3.05) is 20.1 Å². The maximum absolute atomic E-state index is 11.9. The van der Waals surface area contributed by atoms with Crippen molar-refractivity contribution in [3.05, 3.63) is 12.2 Å². The Labute approximate surface area is 101 Å². The predicted molar refractivity (Wildman–Crippen MR) is 63.2 cm³/mol. The van der Waals surface area contributed by atoms with E-state index in [9.17, 15) is 9.59 Å². The predicted octanol–water partition coefficient (Wildman–Crippen LogP) is 0.579. The van der Waals surface area contributed by atoms with Gasteiger partial charge in [-0.2, -0.15) is 0 Å². The number of halogens is 1. The van der Waals surface area contributed by atoms with Crippen LogP contribution in [0.15, 0.2) is 12.2 Å². The van der Waals surface area contributed by atoms with Crippen LogP contribution >= 0.6 is 12.4 Å². The highest BCUT2D eigenvalue weighted by atomic mass is 35.5. The molecule has 0 saturated carbocycles. The van der Waals surface area contributed by atoms with Crippen molar-refractivity contribution in [1.82, 2.24) is 10.2 Å². The van der Waals surface area contributed by atoms with Crippen LogP contribution in [0.3, 0.4) is 0 Å². The van der Waals surface area contributed by atoms with E-state index in [1.54, 1.807) is 0 Å². The fourth-order valence-corrected chi connectivity index (χ4v) is 2.31. The third-order valence-electron chi connectivity index (χ3n) is 3.18. The van der Waals surface area contributed by atoms with Gasteiger partial charge in [0.25, 0.3) is 0 Å². The van der Waals surface area contributed by atoms with Crippen LogP contribution in [0.4, 0.5) is 0 Å². The summed E-state index contributed by atoms with van der Waals surface area (Å²) in [5, 5.41) is 2.96. The van der Waals surface area contributed by atoms with E-state index < -0.39 is 0 Å². The van der Waals surface area contributed by atoms with E-state index in [0.717, 1.165) is 12.8 Å². The van der Waals surface area contributed by atoms with Crippen molar-refractivity contribution < 1.29 is 9.59 Å². The Kier molecular flexibility index (Phi) is 4.50. The van der Waals surface area contributed by atoms with Crippen molar-refractivity contribution in [2.24, 2.45) is 11.8 Å². The summed E-state index contributed by atoms with van der Waals surface area (Å²) < 4.78 is 0. The van der Waals surface area contributed by atoms with Crippen LogP contribution < -0.4 is 5.32 Å². The van der Waals surface area contributed by atoms with Crippen LogP contribution in [0.2, 0.25) is 0 Å². The van der Waals surface area contributed by atoms with Gasteiger partial charge < -0.3 is 5.32 Å². The van der Waals surface area contributed by atoms with Crippen molar-refractivity contribution in [3.8, 4) is 0 Å². The van der Waals surface area contributed by atoms with Gasteiger partial charge in [0.15, 0.2) is 0 Å². The lowest BCUT2D eigenvalue weighted by Crippen LogP contribution is -2.36. The van der Waals surface area contributed by atoms with E-state index in [4.69, 9.17) is 0 Å². The highest BCUT2D eigenvalue weighted by Crippen LogP contribution is 2.34. The summed E-state index contributed by atoms with van der Waals surface area (Å²) in [6.45, 7) is 1.17. The summed E-state index contributed by atoms with van der Waals surface area (Å²) in [5.74, 6) is -0.132. The van der Waals surface area contributed by atoms with E-state index in [2.05, 4.69) is 5.32 Å². The number of rotatable bonds is 3. The first-order valence-corrected chi connectivity index (χ1v) is 5.40. The third-order valence-corrected chi connectivity index (χ3v) is 3.18. The second kappa shape index (κ2) is 5.46. The summed E-state index contributed by atoms with van der Waals surface area (Å²) in [6.07, 6.45) is 5.47. The van der Waals surface area contributed by atoms with Crippen molar-refractivity contribution in [1.29, 1.82) is 0 Å². The second-order valence-corrected chi connectivity index (χ2v) is 4.09. The number of hydrogen-bond acceptors (Lipinski definition) is 3. The fraction of sp³-hybridized carbons (Fsp3) is 0.636. The molecule has 90 valence electrons. The lowest BCUT2D eigenvalue weighted by Gasteiger charge is -2.14. The zero-order valence-electron chi connectivity index (χ0n) is 9.31. The zero-order valence-corrected chi connectivity index (χ0v) is 10.1. The molecule has 5 heteroatoms. The Morgan fingerprint density at radius 1 is 1.25 bits per heavy atom. The molecular weight excluding hydrogens is 228 g/mol. The molecule has 16 heavy (non-hydrogen) atoms. The minimum atomic E-state index is -0.0839. The van der Waals surface area contributed by atoms with Gasteiger partial charge in [0.1, 0.15) is 0 Å². The van der Waals surface area contributed by atoms with E-state index in [1.807, 2.05) is 19.2 Å². The normalized spacial score (nSPS) is 27.9. The first-order chi connectivity index (χ1) is 7.25. The summed E-state index contributed by atoms with van der Waals surface area (Å²) in [6, 6.07) is 0. The van der Waals surface area contributed by atoms with Crippen LogP contribution in [-0.4, -0.2) is 36.9 Å².